The molecule has 5 nitrogen and oxygen atoms in total. The number of unbranched alkanes of at least 4 members (excludes halogenated alkanes) is 5. The molecule has 2 aliphatic rings. The van der Waals surface area contributed by atoms with Crippen molar-refractivity contribution in [2.75, 3.05) is 11.9 Å². The number of hydrogen-bond donors (Lipinski definition) is 3. The molecule has 0 saturated heterocycles. The first kappa shape index (κ1) is 35.9. The van der Waals surface area contributed by atoms with Crippen molar-refractivity contribution in [2.45, 2.75) is 45.4 Å². The molecular weight excluding hydrogens is 695 g/mol. The molecular formula is C52H47N5. The summed E-state index contributed by atoms with van der Waals surface area (Å²) < 4.78 is 0. The Hall–Kier alpha value is -6.72. The minimum Gasteiger partial charge on any atom is -0.385 e. The molecule has 3 N–H and O–H groups in total. The van der Waals surface area contributed by atoms with E-state index in [0.29, 0.717) is 0 Å². The lowest BCUT2D eigenvalue weighted by Gasteiger charge is -2.09. The molecule has 9 rings (SSSR count). The number of aromatic amines is 2. The maximum absolute atomic E-state index is 5.45. The Labute approximate surface area is 335 Å². The normalized spacial score (nSPS) is 11.9. The number of benzene rings is 4. The van der Waals surface area contributed by atoms with Crippen LogP contribution in [0, 0.1) is 0 Å². The highest BCUT2D eigenvalue weighted by Gasteiger charge is 2.19. The van der Waals surface area contributed by atoms with Crippen LogP contribution in [0.15, 0.2) is 140 Å². The quantitative estimate of drug-likeness (QED) is 0.109. The second-order valence-corrected chi connectivity index (χ2v) is 14.9. The average Bonchev–Trinajstić information content (AvgIpc) is 4.11. The largest absolute Gasteiger partial charge is 0.385 e. The third-order valence-corrected chi connectivity index (χ3v) is 11.0. The predicted octanol–water partition coefficient (Wildman–Crippen LogP) is 14.1. The Kier molecular flexibility index (Phi) is 10.4. The van der Waals surface area contributed by atoms with Crippen molar-refractivity contribution in [1.29, 1.82) is 0 Å². The van der Waals surface area contributed by atoms with Crippen molar-refractivity contribution >= 4 is 52.1 Å². The topological polar surface area (TPSA) is 69.4 Å². The molecule has 0 amide bonds. The summed E-state index contributed by atoms with van der Waals surface area (Å²) in [5.74, 6) is 0. The van der Waals surface area contributed by atoms with Crippen LogP contribution in [0.4, 0.5) is 5.69 Å². The summed E-state index contributed by atoms with van der Waals surface area (Å²) in [6, 6.07) is 49.2. The standard InChI is InChI=1S/C52H47N5/c1-2-3-4-5-6-16-35-53-40-25-23-39(24-26-40)52-47-33-31-45(56-47)50(37-19-12-8-13-20-37)43-29-27-41(54-43)49(36-17-10-7-11-18-36)42-28-30-44(55-42)51(38-21-14-9-15-22-38)46-32-34-48(52)57-46/h7-15,17-34,53-54,57H,2-6,16,35H2,1H3. The van der Waals surface area contributed by atoms with Crippen molar-refractivity contribution in [3.8, 4) is 44.5 Å². The summed E-state index contributed by atoms with van der Waals surface area (Å²) in [6.07, 6.45) is 16.3. The molecule has 280 valence electrons. The highest BCUT2D eigenvalue weighted by molar-refractivity contribution is 5.99. The Morgan fingerprint density at radius 3 is 1.12 bits per heavy atom. The van der Waals surface area contributed by atoms with Crippen LogP contribution in [0.1, 0.15) is 68.2 Å². The summed E-state index contributed by atoms with van der Waals surface area (Å²) in [6.45, 7) is 3.25. The Morgan fingerprint density at radius 1 is 0.386 bits per heavy atom. The fourth-order valence-corrected chi connectivity index (χ4v) is 8.13. The summed E-state index contributed by atoms with van der Waals surface area (Å²) in [7, 11) is 0. The maximum Gasteiger partial charge on any atom is 0.0737 e. The van der Waals surface area contributed by atoms with Gasteiger partial charge in [-0.15, -0.1) is 0 Å². The molecule has 0 radical (unpaired) electrons. The van der Waals surface area contributed by atoms with Crippen LogP contribution < -0.4 is 5.32 Å². The zero-order valence-electron chi connectivity index (χ0n) is 32.4. The van der Waals surface area contributed by atoms with Gasteiger partial charge in [-0.3, -0.25) is 0 Å². The Balaban J connectivity index is 1.28. The number of H-pyrrole nitrogens is 2. The number of aromatic nitrogens is 4. The predicted molar refractivity (Wildman–Crippen MR) is 242 cm³/mol. The van der Waals surface area contributed by atoms with E-state index in [9.17, 15) is 0 Å². The first-order valence-electron chi connectivity index (χ1n) is 20.4. The van der Waals surface area contributed by atoms with Crippen LogP contribution in [0.2, 0.25) is 0 Å². The van der Waals surface area contributed by atoms with Gasteiger partial charge in [-0.2, -0.15) is 0 Å². The molecule has 0 unspecified atom stereocenters. The van der Waals surface area contributed by atoms with Gasteiger partial charge in [0.05, 0.1) is 22.8 Å². The monoisotopic (exact) mass is 741 g/mol. The molecule has 5 heterocycles. The number of fused-ring (bicyclic) bond motifs is 8. The first-order chi connectivity index (χ1) is 28.2. The van der Waals surface area contributed by atoms with Gasteiger partial charge >= 0.3 is 0 Å². The highest BCUT2D eigenvalue weighted by Crippen LogP contribution is 2.38. The van der Waals surface area contributed by atoms with E-state index >= 15 is 0 Å². The van der Waals surface area contributed by atoms with Crippen molar-refractivity contribution in [3.63, 3.8) is 0 Å². The first-order valence-corrected chi connectivity index (χ1v) is 20.4. The molecule has 0 spiro atoms. The summed E-state index contributed by atoms with van der Waals surface area (Å²) in [5, 5.41) is 3.66. The minimum absolute atomic E-state index is 0.907. The molecule has 0 fully saturated rings. The number of nitrogens with zero attached hydrogens (tertiary/aromatic N) is 2. The van der Waals surface area contributed by atoms with Gasteiger partial charge in [0.1, 0.15) is 0 Å². The van der Waals surface area contributed by atoms with Gasteiger partial charge in [-0.25, -0.2) is 9.97 Å². The van der Waals surface area contributed by atoms with Gasteiger partial charge in [-0.05, 0) is 89.4 Å². The average molecular weight is 742 g/mol. The number of rotatable bonds is 12. The van der Waals surface area contributed by atoms with Crippen LogP contribution >= 0.6 is 0 Å². The number of anilines is 1. The lowest BCUT2D eigenvalue weighted by atomic mass is 10.0. The van der Waals surface area contributed by atoms with E-state index < -0.39 is 0 Å². The SMILES string of the molecule is CCCCCCCCNc1ccc(-c2c3nc(c(-c4ccccc4)c4ccc([nH]4)c(-c4ccccc4)c4nc(c(-c5ccccc5)c5ccc2[nH]5)C=C4)C=C3)cc1. The zero-order chi connectivity index (χ0) is 38.4. The molecule has 4 aromatic carbocycles. The van der Waals surface area contributed by atoms with Crippen LogP contribution in [0.5, 0.6) is 0 Å². The van der Waals surface area contributed by atoms with Crippen molar-refractivity contribution in [2.24, 2.45) is 0 Å². The smallest absolute Gasteiger partial charge is 0.0737 e. The Bertz CT molecular complexity index is 2680. The molecule has 3 aromatic heterocycles. The van der Waals surface area contributed by atoms with Crippen molar-refractivity contribution in [1.82, 2.24) is 19.9 Å². The van der Waals surface area contributed by atoms with E-state index in [0.717, 1.165) is 102 Å². The number of nitrogens with one attached hydrogen (secondary N) is 3. The number of hydrogen-bond acceptors (Lipinski definition) is 3. The third-order valence-electron chi connectivity index (χ3n) is 11.0. The molecule has 7 aromatic rings. The van der Waals surface area contributed by atoms with E-state index in [1.54, 1.807) is 0 Å². The molecule has 2 aliphatic heterocycles. The summed E-state index contributed by atoms with van der Waals surface area (Å²) in [4.78, 5) is 18.5. The molecule has 0 aliphatic carbocycles. The van der Waals surface area contributed by atoms with Gasteiger partial charge < -0.3 is 15.3 Å². The van der Waals surface area contributed by atoms with Crippen LogP contribution in [0.3, 0.4) is 0 Å². The summed E-state index contributed by atoms with van der Waals surface area (Å²) in [5.41, 5.74) is 17.3. The van der Waals surface area contributed by atoms with Crippen molar-refractivity contribution < 1.29 is 0 Å². The van der Waals surface area contributed by atoms with E-state index in [4.69, 9.17) is 9.97 Å². The third kappa shape index (κ3) is 7.61. The fraction of sp³-hybridized carbons (Fsp3) is 0.154. The van der Waals surface area contributed by atoms with Crippen LogP contribution in [0.25, 0.3) is 90.9 Å². The van der Waals surface area contributed by atoms with Crippen molar-refractivity contribution in [3.05, 3.63) is 162 Å². The lowest BCUT2D eigenvalue weighted by Crippen LogP contribution is -2.01. The summed E-state index contributed by atoms with van der Waals surface area (Å²) >= 11 is 0. The van der Waals surface area contributed by atoms with Gasteiger partial charge in [0, 0.05) is 56.6 Å². The second kappa shape index (κ2) is 16.6. The van der Waals surface area contributed by atoms with E-state index in [1.807, 2.05) is 0 Å². The maximum atomic E-state index is 5.45. The van der Waals surface area contributed by atoms with E-state index in [2.05, 4.69) is 186 Å². The molecule has 0 saturated carbocycles. The lowest BCUT2D eigenvalue weighted by molar-refractivity contribution is 0.617. The molecule has 0 atom stereocenters. The van der Waals surface area contributed by atoms with Gasteiger partial charge in [0.15, 0.2) is 0 Å². The van der Waals surface area contributed by atoms with Gasteiger partial charge in [0.25, 0.3) is 0 Å². The second-order valence-electron chi connectivity index (χ2n) is 14.9. The van der Waals surface area contributed by atoms with E-state index in [1.165, 1.54) is 38.5 Å². The van der Waals surface area contributed by atoms with Gasteiger partial charge in [0.2, 0.25) is 0 Å². The van der Waals surface area contributed by atoms with E-state index in [-0.39, 0.29) is 0 Å². The van der Waals surface area contributed by atoms with Crippen LogP contribution in [-0.2, 0) is 0 Å². The molecule has 5 heteroatoms. The Morgan fingerprint density at radius 2 is 0.737 bits per heavy atom. The zero-order valence-corrected chi connectivity index (χ0v) is 32.4. The van der Waals surface area contributed by atoms with Crippen LogP contribution in [-0.4, -0.2) is 26.5 Å². The fourth-order valence-electron chi connectivity index (χ4n) is 8.13. The minimum atomic E-state index is 0.907. The van der Waals surface area contributed by atoms with Gasteiger partial charge in [-0.1, -0.05) is 142 Å². The molecule has 57 heavy (non-hydrogen) atoms. The molecule has 8 bridgehead atoms. The highest BCUT2D eigenvalue weighted by atomic mass is 14.9.